The lowest BCUT2D eigenvalue weighted by Crippen LogP contribution is -2.36. The molecule has 9 heteroatoms. The molecule has 7 nitrogen and oxygen atoms in total. The summed E-state index contributed by atoms with van der Waals surface area (Å²) in [6.45, 7) is 1.05. The molecule has 25 heavy (non-hydrogen) atoms. The molecule has 0 bridgehead atoms. The molecule has 1 aliphatic heterocycles. The summed E-state index contributed by atoms with van der Waals surface area (Å²) in [4.78, 5) is 12.0. The molecular weight excluding hydrogens is 349 g/mol. The number of nitrogens with one attached hydrogen (secondary N) is 1. The van der Waals surface area contributed by atoms with E-state index in [2.05, 4.69) is 10.5 Å². The SMILES string of the molecule is O=C(NCCS(=O)(=O)N1CCCC1)c1cc(-c2cccc(F)c2)no1. The topological polar surface area (TPSA) is 92.5 Å². The van der Waals surface area contributed by atoms with E-state index in [-0.39, 0.29) is 18.1 Å². The molecule has 134 valence electrons. The van der Waals surface area contributed by atoms with Crippen molar-refractivity contribution in [2.75, 3.05) is 25.4 Å². The molecule has 2 heterocycles. The highest BCUT2D eigenvalue weighted by Gasteiger charge is 2.25. The fraction of sp³-hybridized carbons (Fsp3) is 0.375. The summed E-state index contributed by atoms with van der Waals surface area (Å²) in [5.74, 6) is -1.20. The molecule has 1 aliphatic rings. The Morgan fingerprint density at radius 2 is 2.04 bits per heavy atom. The largest absolute Gasteiger partial charge is 0.350 e. The van der Waals surface area contributed by atoms with Crippen LogP contribution in [-0.2, 0) is 10.0 Å². The number of amides is 1. The second-order valence-corrected chi connectivity index (χ2v) is 7.85. The Labute approximate surface area is 144 Å². The van der Waals surface area contributed by atoms with Crippen molar-refractivity contribution in [2.24, 2.45) is 0 Å². The van der Waals surface area contributed by atoms with Crippen molar-refractivity contribution in [3.8, 4) is 11.3 Å². The van der Waals surface area contributed by atoms with Gasteiger partial charge in [-0.05, 0) is 25.0 Å². The van der Waals surface area contributed by atoms with Crippen molar-refractivity contribution in [3.05, 3.63) is 41.9 Å². The zero-order chi connectivity index (χ0) is 17.9. The Morgan fingerprint density at radius 3 is 2.76 bits per heavy atom. The van der Waals surface area contributed by atoms with Crippen molar-refractivity contribution in [3.63, 3.8) is 0 Å². The maximum atomic E-state index is 13.2. The maximum absolute atomic E-state index is 13.2. The molecule has 1 amide bonds. The molecule has 1 fully saturated rings. The molecule has 0 radical (unpaired) electrons. The number of halogens is 1. The number of rotatable bonds is 6. The Balaban J connectivity index is 1.57. The summed E-state index contributed by atoms with van der Waals surface area (Å²) >= 11 is 0. The summed E-state index contributed by atoms with van der Waals surface area (Å²) in [6.07, 6.45) is 1.74. The Hall–Kier alpha value is -2.26. The third-order valence-corrected chi connectivity index (χ3v) is 5.83. The number of nitrogens with zero attached hydrogens (tertiary/aromatic N) is 2. The van der Waals surface area contributed by atoms with E-state index in [1.165, 1.54) is 28.6 Å². The van der Waals surface area contributed by atoms with Crippen LogP contribution >= 0.6 is 0 Å². The van der Waals surface area contributed by atoms with E-state index in [1.54, 1.807) is 6.07 Å². The van der Waals surface area contributed by atoms with Crippen molar-refractivity contribution in [1.82, 2.24) is 14.8 Å². The molecule has 1 saturated heterocycles. The minimum atomic E-state index is -3.35. The van der Waals surface area contributed by atoms with Crippen molar-refractivity contribution in [2.45, 2.75) is 12.8 Å². The van der Waals surface area contributed by atoms with Gasteiger partial charge >= 0.3 is 0 Å². The molecule has 0 unspecified atom stereocenters. The maximum Gasteiger partial charge on any atom is 0.289 e. The average molecular weight is 367 g/mol. The molecule has 1 aromatic heterocycles. The van der Waals surface area contributed by atoms with E-state index in [1.807, 2.05) is 0 Å². The van der Waals surface area contributed by atoms with Crippen LogP contribution in [0.4, 0.5) is 4.39 Å². The minimum Gasteiger partial charge on any atom is -0.350 e. The second-order valence-electron chi connectivity index (χ2n) is 5.76. The van der Waals surface area contributed by atoms with E-state index in [9.17, 15) is 17.6 Å². The third-order valence-electron chi connectivity index (χ3n) is 3.96. The van der Waals surface area contributed by atoms with Crippen LogP contribution in [0.15, 0.2) is 34.9 Å². The summed E-state index contributed by atoms with van der Waals surface area (Å²) in [5, 5.41) is 6.24. The van der Waals surface area contributed by atoms with Gasteiger partial charge in [-0.25, -0.2) is 17.1 Å². The van der Waals surface area contributed by atoms with Gasteiger partial charge in [0.2, 0.25) is 15.8 Å². The van der Waals surface area contributed by atoms with Crippen LogP contribution in [0.1, 0.15) is 23.4 Å². The lowest BCUT2D eigenvalue weighted by Gasteiger charge is -2.15. The van der Waals surface area contributed by atoms with Gasteiger partial charge < -0.3 is 9.84 Å². The predicted octanol–water partition coefficient (Wildman–Crippen LogP) is 1.64. The van der Waals surface area contributed by atoms with E-state index >= 15 is 0 Å². The number of carbonyl (C=O) groups is 1. The Bertz CT molecular complexity index is 860. The van der Waals surface area contributed by atoms with Crippen LogP contribution in [0.5, 0.6) is 0 Å². The van der Waals surface area contributed by atoms with Gasteiger partial charge in [-0.2, -0.15) is 0 Å². The zero-order valence-electron chi connectivity index (χ0n) is 13.4. The fourth-order valence-corrected chi connectivity index (χ4v) is 4.07. The van der Waals surface area contributed by atoms with Crippen molar-refractivity contribution in [1.29, 1.82) is 0 Å². The number of hydrogen-bond donors (Lipinski definition) is 1. The Kier molecular flexibility index (Phi) is 5.14. The van der Waals surface area contributed by atoms with Gasteiger partial charge in [0.25, 0.3) is 5.91 Å². The highest BCUT2D eigenvalue weighted by molar-refractivity contribution is 7.89. The zero-order valence-corrected chi connectivity index (χ0v) is 14.3. The fourth-order valence-electron chi connectivity index (χ4n) is 2.64. The van der Waals surface area contributed by atoms with Gasteiger partial charge in [-0.15, -0.1) is 0 Å². The molecule has 1 aromatic carbocycles. The van der Waals surface area contributed by atoms with Crippen LogP contribution in [0.2, 0.25) is 0 Å². The quantitative estimate of drug-likeness (QED) is 0.838. The number of benzene rings is 1. The normalized spacial score (nSPS) is 15.4. The molecular formula is C16H18FN3O4S. The van der Waals surface area contributed by atoms with E-state index in [0.717, 1.165) is 12.8 Å². The second kappa shape index (κ2) is 7.32. The molecule has 1 N–H and O–H groups in total. The number of hydrogen-bond acceptors (Lipinski definition) is 5. The molecule has 3 rings (SSSR count). The Morgan fingerprint density at radius 1 is 1.28 bits per heavy atom. The monoisotopic (exact) mass is 367 g/mol. The van der Waals surface area contributed by atoms with Gasteiger partial charge in [0.15, 0.2) is 0 Å². The van der Waals surface area contributed by atoms with Crippen LogP contribution < -0.4 is 5.32 Å². The van der Waals surface area contributed by atoms with Crippen LogP contribution in [-0.4, -0.2) is 49.2 Å². The first kappa shape index (κ1) is 17.6. The highest BCUT2D eigenvalue weighted by atomic mass is 32.2. The number of sulfonamides is 1. The van der Waals surface area contributed by atoms with Gasteiger partial charge in [-0.3, -0.25) is 4.79 Å². The summed E-state index contributed by atoms with van der Waals surface area (Å²) < 4.78 is 43.8. The van der Waals surface area contributed by atoms with Crippen molar-refractivity contribution >= 4 is 15.9 Å². The summed E-state index contributed by atoms with van der Waals surface area (Å²) in [6, 6.07) is 7.15. The van der Waals surface area contributed by atoms with Crippen LogP contribution in [0.3, 0.4) is 0 Å². The first-order valence-electron chi connectivity index (χ1n) is 7.94. The highest BCUT2D eigenvalue weighted by Crippen LogP contribution is 2.20. The van der Waals surface area contributed by atoms with Crippen molar-refractivity contribution < 1.29 is 22.1 Å². The van der Waals surface area contributed by atoms with Crippen LogP contribution in [0, 0.1) is 5.82 Å². The van der Waals surface area contributed by atoms with Gasteiger partial charge in [0.05, 0.1) is 5.75 Å². The molecule has 0 saturated carbocycles. The van der Waals surface area contributed by atoms with Gasteiger partial charge in [-0.1, -0.05) is 17.3 Å². The number of carbonyl (C=O) groups excluding carboxylic acids is 1. The molecule has 2 aromatic rings. The average Bonchev–Trinajstić information content (AvgIpc) is 3.27. The minimum absolute atomic E-state index is 0.0202. The van der Waals surface area contributed by atoms with E-state index in [0.29, 0.717) is 24.3 Å². The lowest BCUT2D eigenvalue weighted by molar-refractivity contribution is 0.0919. The first-order valence-corrected chi connectivity index (χ1v) is 9.55. The predicted molar refractivity (Wildman–Crippen MR) is 88.8 cm³/mol. The molecule has 0 atom stereocenters. The smallest absolute Gasteiger partial charge is 0.289 e. The molecule has 0 aliphatic carbocycles. The number of aromatic nitrogens is 1. The first-order chi connectivity index (χ1) is 12.0. The third kappa shape index (κ3) is 4.23. The van der Waals surface area contributed by atoms with E-state index in [4.69, 9.17) is 4.52 Å². The summed E-state index contributed by atoms with van der Waals surface area (Å²) in [5.41, 5.74) is 0.814. The van der Waals surface area contributed by atoms with Gasteiger partial charge in [0.1, 0.15) is 11.5 Å². The van der Waals surface area contributed by atoms with E-state index < -0.39 is 21.7 Å². The van der Waals surface area contributed by atoms with Gasteiger partial charge in [0, 0.05) is 31.3 Å². The standard InChI is InChI=1S/C16H18FN3O4S/c17-13-5-3-4-12(10-13)14-11-15(24-19-14)16(21)18-6-9-25(22,23)20-7-1-2-8-20/h3-5,10-11H,1-2,6-9H2,(H,18,21). The van der Waals surface area contributed by atoms with Crippen LogP contribution in [0.25, 0.3) is 11.3 Å². The lowest BCUT2D eigenvalue weighted by atomic mass is 10.1. The molecule has 0 spiro atoms. The summed E-state index contributed by atoms with van der Waals surface area (Å²) in [7, 11) is -3.35.